The fourth-order valence-electron chi connectivity index (χ4n) is 6.10. The van der Waals surface area contributed by atoms with Gasteiger partial charge in [-0.15, -0.1) is 0 Å². The molecule has 3 N–H and O–H groups in total. The third kappa shape index (κ3) is 5.46. The normalized spacial score (nSPS) is 20.9. The Hall–Kier alpha value is -3.56. The number of nitrogens with two attached hydrogens (primary N) is 1. The fraction of sp³-hybridized carbons (Fsp3) is 0.433. The Morgan fingerprint density at radius 2 is 1.69 bits per heavy atom. The van der Waals surface area contributed by atoms with Gasteiger partial charge in [-0.3, -0.25) is 4.90 Å². The molecule has 0 unspecified atom stereocenters. The molecule has 0 atom stereocenters. The van der Waals surface area contributed by atoms with Crippen LogP contribution in [0, 0.1) is 5.82 Å². The number of hydrogen-bond donors (Lipinski definition) is 2. The van der Waals surface area contributed by atoms with E-state index in [1.807, 2.05) is 28.9 Å². The Balaban J connectivity index is 1.20. The highest BCUT2D eigenvalue weighted by Gasteiger charge is 2.30. The molecule has 2 fully saturated rings. The van der Waals surface area contributed by atoms with Gasteiger partial charge in [0.2, 0.25) is 0 Å². The largest absolute Gasteiger partial charge is 0.383 e. The lowest BCUT2D eigenvalue weighted by Gasteiger charge is -2.41. The van der Waals surface area contributed by atoms with E-state index in [1.54, 1.807) is 6.07 Å². The molecule has 1 aliphatic carbocycles. The van der Waals surface area contributed by atoms with Crippen LogP contribution in [0.2, 0.25) is 0 Å². The summed E-state index contributed by atoms with van der Waals surface area (Å²) in [5, 5.41) is 8.91. The zero-order valence-electron chi connectivity index (χ0n) is 22.6. The molecule has 3 heterocycles. The SMILES string of the molecule is CN1CCN(C2CCC(n3nc(-c4ccc(NCCc5ccccc5)c(F)c4)c4c(N)ncnc43)CC2)CC1. The standard InChI is InChI=1S/C30H37FN8/c1-37-15-17-38(18-16-37)23-8-10-24(11-9-23)39-30-27(29(32)34-20-35-30)28(36-39)22-7-12-26(25(31)19-22)33-14-13-21-5-3-2-4-6-21/h2-7,12,19-20,23-24,33H,8-11,13-18H2,1H3,(H2,32,34,35). The minimum atomic E-state index is -0.314. The first-order valence-corrected chi connectivity index (χ1v) is 14.1. The van der Waals surface area contributed by atoms with Crippen molar-refractivity contribution in [1.82, 2.24) is 29.5 Å². The van der Waals surface area contributed by atoms with E-state index in [2.05, 4.69) is 44.3 Å². The van der Waals surface area contributed by atoms with Crippen LogP contribution in [-0.2, 0) is 6.42 Å². The smallest absolute Gasteiger partial charge is 0.164 e. The first kappa shape index (κ1) is 25.7. The van der Waals surface area contributed by atoms with Crippen LogP contribution in [0.4, 0.5) is 15.9 Å². The molecule has 0 spiro atoms. The molecule has 0 amide bonds. The highest BCUT2D eigenvalue weighted by atomic mass is 19.1. The fourth-order valence-corrected chi connectivity index (χ4v) is 6.10. The maximum absolute atomic E-state index is 15.2. The molecular formula is C30H37FN8. The van der Waals surface area contributed by atoms with Crippen molar-refractivity contribution in [3.05, 3.63) is 66.2 Å². The lowest BCUT2D eigenvalue weighted by molar-refractivity contribution is 0.0815. The Bertz CT molecular complexity index is 1410. The van der Waals surface area contributed by atoms with Gasteiger partial charge in [-0.2, -0.15) is 5.10 Å². The van der Waals surface area contributed by atoms with Gasteiger partial charge < -0.3 is 16.0 Å². The predicted molar refractivity (Wildman–Crippen MR) is 154 cm³/mol. The average Bonchev–Trinajstić information content (AvgIpc) is 3.36. The van der Waals surface area contributed by atoms with Crippen molar-refractivity contribution in [2.45, 2.75) is 44.2 Å². The van der Waals surface area contributed by atoms with Gasteiger partial charge in [-0.1, -0.05) is 36.4 Å². The molecule has 0 bridgehead atoms. The Kier molecular flexibility index (Phi) is 7.43. The summed E-state index contributed by atoms with van der Waals surface area (Å²) in [7, 11) is 2.20. The first-order valence-electron chi connectivity index (χ1n) is 14.1. The molecule has 6 rings (SSSR count). The molecule has 1 aliphatic heterocycles. The van der Waals surface area contributed by atoms with Gasteiger partial charge in [0.25, 0.3) is 0 Å². The van der Waals surface area contributed by atoms with E-state index in [0.717, 1.165) is 63.9 Å². The van der Waals surface area contributed by atoms with E-state index in [1.165, 1.54) is 18.0 Å². The van der Waals surface area contributed by atoms with Crippen molar-refractivity contribution in [1.29, 1.82) is 0 Å². The molecule has 8 nitrogen and oxygen atoms in total. The number of rotatable bonds is 7. The predicted octanol–water partition coefficient (Wildman–Crippen LogP) is 4.60. The molecular weight excluding hydrogens is 491 g/mol. The highest BCUT2D eigenvalue weighted by Crippen LogP contribution is 2.37. The second kappa shape index (κ2) is 11.3. The van der Waals surface area contributed by atoms with Crippen molar-refractivity contribution in [3.63, 3.8) is 0 Å². The summed E-state index contributed by atoms with van der Waals surface area (Å²) in [5.74, 6) is 0.0595. The molecule has 1 saturated carbocycles. The number of nitrogen functional groups attached to an aromatic ring is 1. The maximum atomic E-state index is 15.2. The lowest BCUT2D eigenvalue weighted by atomic mass is 9.90. The monoisotopic (exact) mass is 528 g/mol. The van der Waals surface area contributed by atoms with Crippen molar-refractivity contribution >= 4 is 22.5 Å². The quantitative estimate of drug-likeness (QED) is 0.362. The van der Waals surface area contributed by atoms with Gasteiger partial charge >= 0.3 is 0 Å². The number of benzene rings is 2. The van der Waals surface area contributed by atoms with Crippen molar-refractivity contribution in [2.75, 3.05) is 50.8 Å². The van der Waals surface area contributed by atoms with Crippen molar-refractivity contribution in [3.8, 4) is 11.3 Å². The summed E-state index contributed by atoms with van der Waals surface area (Å²) in [6, 6.07) is 16.3. The van der Waals surface area contributed by atoms with E-state index in [-0.39, 0.29) is 11.9 Å². The van der Waals surface area contributed by atoms with Crippen molar-refractivity contribution in [2.24, 2.45) is 0 Å². The number of halogens is 1. The first-order chi connectivity index (χ1) is 19.1. The number of hydrogen-bond acceptors (Lipinski definition) is 7. The summed E-state index contributed by atoms with van der Waals surface area (Å²) in [6.07, 6.45) is 6.68. The summed E-state index contributed by atoms with van der Waals surface area (Å²) < 4.78 is 17.2. The Labute approximate surface area is 229 Å². The molecule has 2 aromatic carbocycles. The van der Waals surface area contributed by atoms with Gasteiger partial charge in [0, 0.05) is 44.3 Å². The second-order valence-electron chi connectivity index (χ2n) is 10.9. The number of nitrogens with one attached hydrogen (secondary N) is 1. The molecule has 1 saturated heterocycles. The average molecular weight is 529 g/mol. The summed E-state index contributed by atoms with van der Waals surface area (Å²) >= 11 is 0. The summed E-state index contributed by atoms with van der Waals surface area (Å²) in [5.41, 5.74) is 10.1. The van der Waals surface area contributed by atoms with Crippen LogP contribution < -0.4 is 11.1 Å². The third-order valence-electron chi connectivity index (χ3n) is 8.40. The van der Waals surface area contributed by atoms with Gasteiger partial charge in [0.15, 0.2) is 5.65 Å². The van der Waals surface area contributed by atoms with Crippen LogP contribution >= 0.6 is 0 Å². The van der Waals surface area contributed by atoms with E-state index >= 15 is 4.39 Å². The number of fused-ring (bicyclic) bond motifs is 1. The second-order valence-corrected chi connectivity index (χ2v) is 10.9. The van der Waals surface area contributed by atoms with Crippen LogP contribution in [-0.4, -0.2) is 75.4 Å². The van der Waals surface area contributed by atoms with E-state index in [4.69, 9.17) is 10.8 Å². The van der Waals surface area contributed by atoms with Gasteiger partial charge in [0.05, 0.1) is 17.1 Å². The molecule has 204 valence electrons. The number of piperazine rings is 1. The molecule has 4 aromatic rings. The van der Waals surface area contributed by atoms with E-state index in [9.17, 15) is 0 Å². The number of likely N-dealkylation sites (N-methyl/N-ethyl adjacent to an activating group) is 1. The maximum Gasteiger partial charge on any atom is 0.164 e. The van der Waals surface area contributed by atoms with Crippen LogP contribution in [0.1, 0.15) is 37.3 Å². The van der Waals surface area contributed by atoms with Crippen LogP contribution in [0.3, 0.4) is 0 Å². The Morgan fingerprint density at radius 3 is 2.44 bits per heavy atom. The molecule has 2 aromatic heterocycles. The topological polar surface area (TPSA) is 88.1 Å². The number of nitrogens with zero attached hydrogens (tertiary/aromatic N) is 6. The van der Waals surface area contributed by atoms with E-state index < -0.39 is 0 Å². The van der Waals surface area contributed by atoms with Gasteiger partial charge in [-0.05, 0) is 56.8 Å². The molecule has 39 heavy (non-hydrogen) atoms. The number of aromatic nitrogens is 4. The summed E-state index contributed by atoms with van der Waals surface area (Å²) in [6.45, 7) is 5.22. The van der Waals surface area contributed by atoms with Gasteiger partial charge in [-0.25, -0.2) is 19.0 Å². The molecule has 9 heteroatoms. The third-order valence-corrected chi connectivity index (χ3v) is 8.40. The van der Waals surface area contributed by atoms with Crippen LogP contribution in [0.5, 0.6) is 0 Å². The highest BCUT2D eigenvalue weighted by molar-refractivity contribution is 5.98. The molecule has 2 aliphatic rings. The zero-order valence-corrected chi connectivity index (χ0v) is 22.6. The van der Waals surface area contributed by atoms with Crippen LogP contribution in [0.15, 0.2) is 54.9 Å². The van der Waals surface area contributed by atoms with Crippen molar-refractivity contribution < 1.29 is 4.39 Å². The number of anilines is 2. The Morgan fingerprint density at radius 1 is 0.949 bits per heavy atom. The lowest BCUT2D eigenvalue weighted by Crippen LogP contribution is -2.49. The molecule has 0 radical (unpaired) electrons. The van der Waals surface area contributed by atoms with Gasteiger partial charge in [0.1, 0.15) is 23.7 Å². The van der Waals surface area contributed by atoms with E-state index in [0.29, 0.717) is 40.7 Å². The summed E-state index contributed by atoms with van der Waals surface area (Å²) in [4.78, 5) is 13.9. The minimum Gasteiger partial charge on any atom is -0.383 e. The van der Waals surface area contributed by atoms with Crippen LogP contribution in [0.25, 0.3) is 22.3 Å². The zero-order chi connectivity index (χ0) is 26.8. The minimum absolute atomic E-state index is 0.239.